The number of hydrogen-bond donors (Lipinski definition) is 2. The van der Waals surface area contributed by atoms with Gasteiger partial charge in [-0.15, -0.1) is 24.5 Å². The van der Waals surface area contributed by atoms with Crippen molar-refractivity contribution in [3.63, 3.8) is 0 Å². The van der Waals surface area contributed by atoms with Gasteiger partial charge < -0.3 is 19.3 Å². The normalized spacial score (nSPS) is 15.1. The summed E-state index contributed by atoms with van der Waals surface area (Å²) in [5, 5.41) is 9.38. The molecule has 1 aliphatic rings. The van der Waals surface area contributed by atoms with Crippen molar-refractivity contribution in [2.24, 2.45) is 0 Å². The summed E-state index contributed by atoms with van der Waals surface area (Å²) in [7, 11) is 0. The highest BCUT2D eigenvalue weighted by Crippen LogP contribution is 2.43. The summed E-state index contributed by atoms with van der Waals surface area (Å²) in [5.74, 6) is -0.502. The molecule has 2 aromatic heterocycles. The van der Waals surface area contributed by atoms with Crippen LogP contribution in [0.15, 0.2) is 52.1 Å². The van der Waals surface area contributed by atoms with Gasteiger partial charge >= 0.3 is 18.2 Å². The molecule has 4 aromatic rings. The molecular weight excluding hydrogens is 582 g/mol. The molecule has 1 atom stereocenters. The molecule has 0 spiro atoms. The zero-order valence-corrected chi connectivity index (χ0v) is 21.7. The van der Waals surface area contributed by atoms with Gasteiger partial charge in [0.15, 0.2) is 17.6 Å². The molecule has 5 rings (SSSR count). The first-order valence-electron chi connectivity index (χ1n) is 12.0. The molecule has 0 bridgehead atoms. The molecular formula is C26H20F6N2O6S. The highest BCUT2D eigenvalue weighted by molar-refractivity contribution is 7.22. The van der Waals surface area contributed by atoms with Crippen molar-refractivity contribution in [3.05, 3.63) is 74.4 Å². The van der Waals surface area contributed by atoms with Gasteiger partial charge in [0.05, 0.1) is 25.1 Å². The molecule has 2 aromatic carbocycles. The van der Waals surface area contributed by atoms with E-state index in [4.69, 9.17) is 9.47 Å². The molecule has 1 saturated heterocycles. The Bertz CT molecular complexity index is 1700. The quantitative estimate of drug-likeness (QED) is 0.273. The standard InChI is InChI=1S/C26H20F6N2O6S/c1-12-20-22(36)33-24(37)34(9-19(35)25(27,28)29)23(20)41-21(12)14-4-7-17(18(8-14)40-26(30,31)32)39-16-5-2-13(3-6-16)15-10-38-11-15/h2-8,15,19,35H,9-11H2,1H3,(H,33,36,37)/t19-/m1/s1. The maximum atomic E-state index is 13.3. The van der Waals surface area contributed by atoms with E-state index in [0.29, 0.717) is 29.1 Å². The molecule has 218 valence electrons. The van der Waals surface area contributed by atoms with Gasteiger partial charge in [-0.3, -0.25) is 14.3 Å². The van der Waals surface area contributed by atoms with E-state index in [1.807, 2.05) is 4.98 Å². The van der Waals surface area contributed by atoms with Crippen LogP contribution in [-0.4, -0.2) is 46.5 Å². The summed E-state index contributed by atoms with van der Waals surface area (Å²) in [5.41, 5.74) is -0.776. The van der Waals surface area contributed by atoms with E-state index in [2.05, 4.69) is 4.74 Å². The first-order chi connectivity index (χ1) is 19.2. The van der Waals surface area contributed by atoms with E-state index in [0.717, 1.165) is 11.6 Å². The fraction of sp³-hybridized carbons (Fsp3) is 0.308. The number of aliphatic hydroxyl groups is 1. The Morgan fingerprint density at radius 3 is 2.34 bits per heavy atom. The Hall–Kier alpha value is -3.82. The number of ether oxygens (including phenoxy) is 3. The van der Waals surface area contributed by atoms with Gasteiger partial charge in [0.1, 0.15) is 10.6 Å². The van der Waals surface area contributed by atoms with Gasteiger partial charge in [-0.1, -0.05) is 12.1 Å². The highest BCUT2D eigenvalue weighted by atomic mass is 32.1. The second kappa shape index (κ2) is 10.5. The first-order valence-corrected chi connectivity index (χ1v) is 12.8. The Morgan fingerprint density at radius 1 is 1.07 bits per heavy atom. The van der Waals surface area contributed by atoms with E-state index >= 15 is 0 Å². The third-order valence-corrected chi connectivity index (χ3v) is 7.81. The Morgan fingerprint density at radius 2 is 1.76 bits per heavy atom. The number of rotatable bonds is 7. The fourth-order valence-corrected chi connectivity index (χ4v) is 5.60. The molecule has 2 N–H and O–H groups in total. The van der Waals surface area contributed by atoms with Crippen LogP contribution in [0.25, 0.3) is 20.7 Å². The topological polar surface area (TPSA) is 103 Å². The average Bonchev–Trinajstić information content (AvgIpc) is 3.18. The van der Waals surface area contributed by atoms with Crippen LogP contribution >= 0.6 is 11.3 Å². The Labute approximate surface area is 230 Å². The second-order valence-electron chi connectivity index (χ2n) is 9.28. The van der Waals surface area contributed by atoms with Crippen LogP contribution in [0.4, 0.5) is 26.3 Å². The van der Waals surface area contributed by atoms with Gasteiger partial charge in [0, 0.05) is 10.8 Å². The lowest BCUT2D eigenvalue weighted by Crippen LogP contribution is -2.38. The summed E-state index contributed by atoms with van der Waals surface area (Å²) < 4.78 is 94.5. The molecule has 15 heteroatoms. The van der Waals surface area contributed by atoms with Gasteiger partial charge in [-0.05, 0) is 53.9 Å². The zero-order chi connectivity index (χ0) is 29.7. The van der Waals surface area contributed by atoms with Crippen LogP contribution < -0.4 is 20.7 Å². The number of alkyl halides is 6. The van der Waals surface area contributed by atoms with E-state index < -0.39 is 42.2 Å². The van der Waals surface area contributed by atoms with Gasteiger partial charge in [-0.2, -0.15) is 13.2 Å². The number of halogens is 6. The molecule has 0 radical (unpaired) electrons. The number of thiophene rings is 1. The number of benzene rings is 2. The zero-order valence-electron chi connectivity index (χ0n) is 20.9. The van der Waals surface area contributed by atoms with Crippen molar-refractivity contribution in [2.75, 3.05) is 13.2 Å². The lowest BCUT2D eigenvalue weighted by molar-refractivity contribution is -0.275. The number of H-pyrrole nitrogens is 1. The lowest BCUT2D eigenvalue weighted by Gasteiger charge is -2.26. The summed E-state index contributed by atoms with van der Waals surface area (Å²) in [6.45, 7) is 1.39. The third-order valence-electron chi connectivity index (χ3n) is 6.45. The minimum Gasteiger partial charge on any atom is -0.453 e. The summed E-state index contributed by atoms with van der Waals surface area (Å²) in [4.78, 5) is 26.8. The summed E-state index contributed by atoms with van der Waals surface area (Å²) >= 11 is 0.710. The van der Waals surface area contributed by atoms with Crippen LogP contribution in [0.5, 0.6) is 17.2 Å². The van der Waals surface area contributed by atoms with Crippen LogP contribution in [0, 0.1) is 6.92 Å². The molecule has 1 fully saturated rings. The van der Waals surface area contributed by atoms with Crippen LogP contribution in [-0.2, 0) is 11.3 Å². The Kier molecular flexibility index (Phi) is 7.38. The predicted octanol–water partition coefficient (Wildman–Crippen LogP) is 5.45. The number of aromatic amines is 1. The summed E-state index contributed by atoms with van der Waals surface area (Å²) in [6.07, 6.45) is -13.0. The van der Waals surface area contributed by atoms with Crippen LogP contribution in [0.2, 0.25) is 0 Å². The average molecular weight is 603 g/mol. The van der Waals surface area contributed by atoms with E-state index in [9.17, 15) is 41.0 Å². The number of aliphatic hydroxyl groups excluding tert-OH is 1. The van der Waals surface area contributed by atoms with Gasteiger partial charge in [0.2, 0.25) is 0 Å². The molecule has 0 amide bonds. The number of nitrogens with one attached hydrogen (secondary N) is 1. The maximum Gasteiger partial charge on any atom is 0.573 e. The van der Waals surface area contributed by atoms with Crippen molar-refractivity contribution in [3.8, 4) is 27.7 Å². The molecule has 0 aliphatic carbocycles. The van der Waals surface area contributed by atoms with Crippen molar-refractivity contribution in [2.45, 2.75) is 38.0 Å². The van der Waals surface area contributed by atoms with Crippen LogP contribution in [0.1, 0.15) is 17.0 Å². The van der Waals surface area contributed by atoms with Gasteiger partial charge in [0.25, 0.3) is 5.56 Å². The fourth-order valence-electron chi connectivity index (χ4n) is 4.29. The minimum absolute atomic E-state index is 0.116. The number of fused-ring (bicyclic) bond motifs is 1. The highest BCUT2D eigenvalue weighted by Gasteiger charge is 2.39. The van der Waals surface area contributed by atoms with E-state index in [1.54, 1.807) is 24.3 Å². The van der Waals surface area contributed by atoms with Crippen molar-refractivity contribution < 1.29 is 45.7 Å². The molecule has 8 nitrogen and oxygen atoms in total. The number of nitrogens with zero attached hydrogens (tertiary/aromatic N) is 1. The number of aryl methyl sites for hydroxylation is 1. The monoisotopic (exact) mass is 602 g/mol. The molecule has 0 unspecified atom stereocenters. The van der Waals surface area contributed by atoms with Crippen molar-refractivity contribution in [1.29, 1.82) is 0 Å². The molecule has 0 saturated carbocycles. The molecule has 1 aliphatic heterocycles. The minimum atomic E-state index is -5.09. The van der Waals surface area contributed by atoms with Gasteiger partial charge in [-0.25, -0.2) is 4.79 Å². The number of hydrogen-bond acceptors (Lipinski definition) is 7. The van der Waals surface area contributed by atoms with Crippen molar-refractivity contribution >= 4 is 21.6 Å². The molecule has 3 heterocycles. The number of aromatic nitrogens is 2. The maximum absolute atomic E-state index is 13.3. The lowest BCUT2D eigenvalue weighted by atomic mass is 9.98. The largest absolute Gasteiger partial charge is 0.573 e. The predicted molar refractivity (Wildman–Crippen MR) is 136 cm³/mol. The first kappa shape index (κ1) is 28.7. The van der Waals surface area contributed by atoms with Crippen molar-refractivity contribution in [1.82, 2.24) is 9.55 Å². The second-order valence-corrected chi connectivity index (χ2v) is 10.3. The smallest absolute Gasteiger partial charge is 0.453 e. The molecule has 41 heavy (non-hydrogen) atoms. The third kappa shape index (κ3) is 5.96. The SMILES string of the molecule is Cc1c(-c2ccc(Oc3ccc(C4COC4)cc3)c(OC(F)(F)F)c2)sc2c1c(=O)[nH]c(=O)n2C[C@@H](O)C(F)(F)F. The van der Waals surface area contributed by atoms with E-state index in [-0.39, 0.29) is 43.6 Å². The van der Waals surface area contributed by atoms with E-state index in [1.165, 1.54) is 19.1 Å². The Balaban J connectivity index is 1.55. The summed E-state index contributed by atoms with van der Waals surface area (Å²) in [6, 6.07) is 10.4. The van der Waals surface area contributed by atoms with Crippen LogP contribution in [0.3, 0.4) is 0 Å².